The van der Waals surface area contributed by atoms with Gasteiger partial charge in [-0.25, -0.2) is 4.79 Å². The van der Waals surface area contributed by atoms with E-state index in [1.165, 1.54) is 6.92 Å². The van der Waals surface area contributed by atoms with Crippen LogP contribution in [-0.2, 0) is 14.3 Å². The first-order valence-electron chi connectivity index (χ1n) is 4.66. The van der Waals surface area contributed by atoms with Crippen LogP contribution < -0.4 is 0 Å². The van der Waals surface area contributed by atoms with Crippen LogP contribution in [-0.4, -0.2) is 36.5 Å². The number of hydrogen-bond acceptors (Lipinski definition) is 3. The Balaban J connectivity index is 2.02. The van der Waals surface area contributed by atoms with Crippen LogP contribution in [0.2, 0.25) is 0 Å². The van der Waals surface area contributed by atoms with Gasteiger partial charge in [-0.05, 0) is 26.2 Å². The minimum absolute atomic E-state index is 0.279. The van der Waals surface area contributed by atoms with E-state index in [0.29, 0.717) is 6.61 Å². The number of rotatable bonds is 5. The number of carbonyl (C=O) groups is 1. The molecule has 1 saturated heterocycles. The van der Waals surface area contributed by atoms with Crippen LogP contribution in [0.1, 0.15) is 26.2 Å². The first-order chi connectivity index (χ1) is 6.20. The molecule has 1 fully saturated rings. The zero-order chi connectivity index (χ0) is 9.68. The lowest BCUT2D eigenvalue weighted by Gasteiger charge is -2.11. The molecule has 76 valence electrons. The fourth-order valence-corrected chi connectivity index (χ4v) is 1.32. The standard InChI is InChI=1S/C9H16O4/c1-7(9(10)11)12-6-4-8-3-2-5-13-8/h7-8H,2-6H2,1H3,(H,10,11)/t7-,8?/m1/s1. The monoisotopic (exact) mass is 188 g/mol. The van der Waals surface area contributed by atoms with E-state index >= 15 is 0 Å². The summed E-state index contributed by atoms with van der Waals surface area (Å²) < 4.78 is 10.5. The third-order valence-corrected chi connectivity index (χ3v) is 2.18. The highest BCUT2D eigenvalue weighted by molar-refractivity contribution is 5.71. The van der Waals surface area contributed by atoms with Gasteiger partial charge in [0.15, 0.2) is 6.10 Å². The van der Waals surface area contributed by atoms with Crippen LogP contribution in [0.3, 0.4) is 0 Å². The zero-order valence-corrected chi connectivity index (χ0v) is 7.86. The molecular weight excluding hydrogens is 172 g/mol. The van der Waals surface area contributed by atoms with Crippen LogP contribution in [0.4, 0.5) is 0 Å². The van der Waals surface area contributed by atoms with E-state index in [4.69, 9.17) is 14.6 Å². The van der Waals surface area contributed by atoms with Gasteiger partial charge >= 0.3 is 5.97 Å². The number of aliphatic carboxylic acids is 1. The molecule has 4 heteroatoms. The summed E-state index contributed by atoms with van der Waals surface area (Å²) in [6.07, 6.45) is 2.56. The van der Waals surface area contributed by atoms with Gasteiger partial charge in [0.25, 0.3) is 0 Å². The van der Waals surface area contributed by atoms with Crippen molar-refractivity contribution in [3.05, 3.63) is 0 Å². The molecule has 0 aromatic rings. The van der Waals surface area contributed by atoms with Crippen molar-refractivity contribution in [2.24, 2.45) is 0 Å². The molecule has 0 saturated carbocycles. The predicted octanol–water partition coefficient (Wildman–Crippen LogP) is 1.05. The summed E-state index contributed by atoms with van der Waals surface area (Å²) in [4.78, 5) is 10.4. The van der Waals surface area contributed by atoms with Crippen LogP contribution in [0.5, 0.6) is 0 Å². The Morgan fingerprint density at radius 1 is 1.77 bits per heavy atom. The molecule has 0 spiro atoms. The van der Waals surface area contributed by atoms with Crippen molar-refractivity contribution < 1.29 is 19.4 Å². The Bertz CT molecular complexity index is 163. The van der Waals surface area contributed by atoms with Crippen molar-refractivity contribution in [3.8, 4) is 0 Å². The quantitative estimate of drug-likeness (QED) is 0.700. The van der Waals surface area contributed by atoms with Crippen molar-refractivity contribution in [2.75, 3.05) is 13.2 Å². The Morgan fingerprint density at radius 2 is 2.54 bits per heavy atom. The molecule has 0 aliphatic carbocycles. The average molecular weight is 188 g/mol. The first-order valence-corrected chi connectivity index (χ1v) is 4.66. The average Bonchev–Trinajstić information content (AvgIpc) is 2.56. The van der Waals surface area contributed by atoms with E-state index in [2.05, 4.69) is 0 Å². The van der Waals surface area contributed by atoms with Gasteiger partial charge in [0.2, 0.25) is 0 Å². The molecule has 0 radical (unpaired) electrons. The van der Waals surface area contributed by atoms with Crippen molar-refractivity contribution in [3.63, 3.8) is 0 Å². The maximum atomic E-state index is 10.4. The summed E-state index contributed by atoms with van der Waals surface area (Å²) in [6.45, 7) is 2.84. The predicted molar refractivity (Wildman–Crippen MR) is 46.6 cm³/mol. The van der Waals surface area contributed by atoms with Gasteiger partial charge in [0, 0.05) is 6.61 Å². The van der Waals surface area contributed by atoms with E-state index in [1.54, 1.807) is 0 Å². The third-order valence-electron chi connectivity index (χ3n) is 2.18. The lowest BCUT2D eigenvalue weighted by molar-refractivity contribution is -0.149. The maximum absolute atomic E-state index is 10.4. The summed E-state index contributed by atoms with van der Waals surface area (Å²) in [7, 11) is 0. The molecule has 1 unspecified atom stereocenters. The second-order valence-corrected chi connectivity index (χ2v) is 3.27. The largest absolute Gasteiger partial charge is 0.479 e. The number of carboxylic acid groups (broad SMARTS) is 1. The van der Waals surface area contributed by atoms with Gasteiger partial charge in [-0.1, -0.05) is 0 Å². The fourth-order valence-electron chi connectivity index (χ4n) is 1.32. The summed E-state index contributed by atoms with van der Waals surface area (Å²) in [5.74, 6) is -0.910. The van der Waals surface area contributed by atoms with Crippen molar-refractivity contribution in [1.82, 2.24) is 0 Å². The highest BCUT2D eigenvalue weighted by atomic mass is 16.5. The van der Waals surface area contributed by atoms with E-state index in [0.717, 1.165) is 25.9 Å². The van der Waals surface area contributed by atoms with E-state index in [1.807, 2.05) is 0 Å². The van der Waals surface area contributed by atoms with E-state index in [-0.39, 0.29) is 6.10 Å². The lowest BCUT2D eigenvalue weighted by atomic mass is 10.2. The molecule has 1 aliphatic rings. The molecule has 1 heterocycles. The normalized spacial score (nSPS) is 24.5. The molecule has 0 aromatic carbocycles. The van der Waals surface area contributed by atoms with Gasteiger partial charge in [0.05, 0.1) is 12.7 Å². The van der Waals surface area contributed by atoms with Gasteiger partial charge in [-0.2, -0.15) is 0 Å². The lowest BCUT2D eigenvalue weighted by Crippen LogP contribution is -2.22. The highest BCUT2D eigenvalue weighted by Gasteiger charge is 2.16. The van der Waals surface area contributed by atoms with Crippen LogP contribution >= 0.6 is 0 Å². The second-order valence-electron chi connectivity index (χ2n) is 3.27. The number of carboxylic acids is 1. The van der Waals surface area contributed by atoms with E-state index in [9.17, 15) is 4.79 Å². The molecular formula is C9H16O4. The van der Waals surface area contributed by atoms with E-state index < -0.39 is 12.1 Å². The Hall–Kier alpha value is -0.610. The fraction of sp³-hybridized carbons (Fsp3) is 0.889. The first kappa shape index (κ1) is 10.5. The molecule has 1 rings (SSSR count). The van der Waals surface area contributed by atoms with Crippen molar-refractivity contribution in [1.29, 1.82) is 0 Å². The van der Waals surface area contributed by atoms with Gasteiger partial charge < -0.3 is 14.6 Å². The minimum Gasteiger partial charge on any atom is -0.479 e. The minimum atomic E-state index is -0.910. The third kappa shape index (κ3) is 3.74. The molecule has 13 heavy (non-hydrogen) atoms. The van der Waals surface area contributed by atoms with Crippen molar-refractivity contribution in [2.45, 2.75) is 38.4 Å². The topological polar surface area (TPSA) is 55.8 Å². The van der Waals surface area contributed by atoms with Gasteiger partial charge in [0.1, 0.15) is 0 Å². The Kier molecular flexibility index (Phi) is 4.18. The molecule has 4 nitrogen and oxygen atoms in total. The second kappa shape index (κ2) is 5.19. The molecule has 1 N–H and O–H groups in total. The van der Waals surface area contributed by atoms with Gasteiger partial charge in [-0.15, -0.1) is 0 Å². The van der Waals surface area contributed by atoms with Crippen LogP contribution in [0.15, 0.2) is 0 Å². The SMILES string of the molecule is C[C@@H](OCCC1CCCO1)C(=O)O. The molecule has 2 atom stereocenters. The molecule has 0 aromatic heterocycles. The number of hydrogen-bond donors (Lipinski definition) is 1. The van der Waals surface area contributed by atoms with Crippen LogP contribution in [0.25, 0.3) is 0 Å². The number of ether oxygens (including phenoxy) is 2. The molecule has 0 bridgehead atoms. The summed E-state index contributed by atoms with van der Waals surface area (Å²) in [6, 6.07) is 0. The Labute approximate surface area is 77.8 Å². The summed E-state index contributed by atoms with van der Waals surface area (Å²) >= 11 is 0. The Morgan fingerprint density at radius 3 is 3.08 bits per heavy atom. The van der Waals surface area contributed by atoms with Crippen LogP contribution in [0, 0.1) is 0 Å². The molecule has 1 aliphatic heterocycles. The summed E-state index contributed by atoms with van der Waals surface area (Å²) in [5.41, 5.74) is 0. The zero-order valence-electron chi connectivity index (χ0n) is 7.86. The maximum Gasteiger partial charge on any atom is 0.332 e. The molecule has 0 amide bonds. The van der Waals surface area contributed by atoms with Crippen molar-refractivity contribution >= 4 is 5.97 Å². The smallest absolute Gasteiger partial charge is 0.332 e. The highest BCUT2D eigenvalue weighted by Crippen LogP contribution is 2.15. The summed E-state index contributed by atoms with van der Waals surface area (Å²) in [5, 5.41) is 8.52. The van der Waals surface area contributed by atoms with Gasteiger partial charge in [-0.3, -0.25) is 0 Å².